The lowest BCUT2D eigenvalue weighted by molar-refractivity contribution is -0.123. The summed E-state index contributed by atoms with van der Waals surface area (Å²) in [5.41, 5.74) is 7.00. The summed E-state index contributed by atoms with van der Waals surface area (Å²) in [6, 6.07) is 7.48. The van der Waals surface area contributed by atoms with Crippen LogP contribution in [0.3, 0.4) is 0 Å². The van der Waals surface area contributed by atoms with Crippen LogP contribution in [0.4, 0.5) is 5.69 Å². The van der Waals surface area contributed by atoms with Crippen LogP contribution in [-0.4, -0.2) is 12.5 Å². The van der Waals surface area contributed by atoms with Crippen molar-refractivity contribution >= 4 is 11.6 Å². The van der Waals surface area contributed by atoms with Gasteiger partial charge in [-0.15, -0.1) is 6.42 Å². The first kappa shape index (κ1) is 10.6. The number of rotatable bonds is 3. The smallest absolute Gasteiger partial charge is 0.231 e. The Kier molecular flexibility index (Phi) is 2.57. The second-order valence-electron chi connectivity index (χ2n) is 4.09. The molecule has 0 atom stereocenters. The van der Waals surface area contributed by atoms with Crippen molar-refractivity contribution in [1.29, 1.82) is 0 Å². The molecule has 3 N–H and O–H groups in total. The number of hydrogen-bond acceptors (Lipinski definition) is 2. The number of nitrogen functional groups attached to an aromatic ring is 1. The molecule has 1 aliphatic carbocycles. The van der Waals surface area contributed by atoms with E-state index in [1.807, 2.05) is 24.3 Å². The zero-order chi connectivity index (χ0) is 11.6. The van der Waals surface area contributed by atoms with Crippen molar-refractivity contribution in [3.63, 3.8) is 0 Å². The van der Waals surface area contributed by atoms with Crippen LogP contribution in [0.5, 0.6) is 0 Å². The molecule has 0 aromatic heterocycles. The van der Waals surface area contributed by atoms with E-state index in [1.165, 1.54) is 0 Å². The molecule has 1 amide bonds. The molecule has 16 heavy (non-hydrogen) atoms. The third kappa shape index (κ3) is 1.74. The molecule has 1 aliphatic rings. The van der Waals surface area contributed by atoms with Gasteiger partial charge in [0, 0.05) is 5.69 Å². The molecule has 1 fully saturated rings. The van der Waals surface area contributed by atoms with Crippen molar-refractivity contribution in [3.8, 4) is 12.3 Å². The molecule has 1 aromatic rings. The standard InChI is InChI=1S/C13H14N2O/c1-2-9-15-12(16)13(7-8-13)10-3-5-11(14)6-4-10/h1,3-6H,7-9,14H2,(H,15,16). The molecule has 0 heterocycles. The van der Waals surface area contributed by atoms with Gasteiger partial charge < -0.3 is 11.1 Å². The van der Waals surface area contributed by atoms with Gasteiger partial charge in [0.1, 0.15) is 0 Å². The summed E-state index contributed by atoms with van der Waals surface area (Å²) in [6.07, 6.45) is 6.88. The van der Waals surface area contributed by atoms with E-state index in [0.29, 0.717) is 5.69 Å². The van der Waals surface area contributed by atoms with Gasteiger partial charge in [0.2, 0.25) is 5.91 Å². The molecule has 3 nitrogen and oxygen atoms in total. The molecule has 0 bridgehead atoms. The molecular formula is C13H14N2O. The average Bonchev–Trinajstić information content (AvgIpc) is 3.08. The number of carbonyl (C=O) groups is 1. The van der Waals surface area contributed by atoms with E-state index in [0.717, 1.165) is 18.4 Å². The van der Waals surface area contributed by atoms with Crippen molar-refractivity contribution < 1.29 is 4.79 Å². The Bertz CT molecular complexity index is 438. The Labute approximate surface area is 95.0 Å². The van der Waals surface area contributed by atoms with Gasteiger partial charge in [-0.1, -0.05) is 18.1 Å². The van der Waals surface area contributed by atoms with Crippen molar-refractivity contribution in [3.05, 3.63) is 29.8 Å². The number of hydrogen-bond donors (Lipinski definition) is 2. The van der Waals surface area contributed by atoms with Crippen LogP contribution in [-0.2, 0) is 10.2 Å². The zero-order valence-corrected chi connectivity index (χ0v) is 8.99. The highest BCUT2D eigenvalue weighted by Gasteiger charge is 2.50. The third-order valence-electron chi connectivity index (χ3n) is 3.00. The summed E-state index contributed by atoms with van der Waals surface area (Å²) in [6.45, 7) is 0.287. The normalized spacial score (nSPS) is 16.2. The van der Waals surface area contributed by atoms with Crippen LogP contribution in [0, 0.1) is 12.3 Å². The molecule has 0 unspecified atom stereocenters. The summed E-state index contributed by atoms with van der Waals surface area (Å²) in [4.78, 5) is 11.9. The van der Waals surface area contributed by atoms with Crippen molar-refractivity contribution in [2.24, 2.45) is 0 Å². The van der Waals surface area contributed by atoms with E-state index in [-0.39, 0.29) is 17.9 Å². The molecule has 0 aliphatic heterocycles. The number of carbonyl (C=O) groups excluding carboxylic acids is 1. The van der Waals surface area contributed by atoms with Gasteiger partial charge in [-0.3, -0.25) is 4.79 Å². The summed E-state index contributed by atoms with van der Waals surface area (Å²) >= 11 is 0. The largest absolute Gasteiger partial charge is 0.399 e. The molecule has 0 spiro atoms. The number of anilines is 1. The molecule has 2 rings (SSSR count). The number of nitrogens with one attached hydrogen (secondary N) is 1. The van der Waals surface area contributed by atoms with Gasteiger partial charge in [-0.05, 0) is 30.5 Å². The van der Waals surface area contributed by atoms with Crippen LogP contribution < -0.4 is 11.1 Å². The van der Waals surface area contributed by atoms with E-state index >= 15 is 0 Å². The lowest BCUT2D eigenvalue weighted by atomic mass is 9.95. The Morgan fingerprint density at radius 3 is 2.56 bits per heavy atom. The molecule has 82 valence electrons. The molecular weight excluding hydrogens is 200 g/mol. The minimum atomic E-state index is -0.357. The molecule has 1 saturated carbocycles. The number of benzene rings is 1. The first-order valence-electron chi connectivity index (χ1n) is 5.27. The second kappa shape index (κ2) is 3.90. The number of terminal acetylenes is 1. The first-order valence-corrected chi connectivity index (χ1v) is 5.27. The maximum Gasteiger partial charge on any atom is 0.231 e. The van der Waals surface area contributed by atoms with Gasteiger partial charge in [-0.2, -0.15) is 0 Å². The highest BCUT2D eigenvalue weighted by atomic mass is 16.2. The van der Waals surface area contributed by atoms with Gasteiger partial charge >= 0.3 is 0 Å². The van der Waals surface area contributed by atoms with E-state index in [9.17, 15) is 4.79 Å². The van der Waals surface area contributed by atoms with Gasteiger partial charge in [-0.25, -0.2) is 0 Å². The maximum atomic E-state index is 11.9. The van der Waals surface area contributed by atoms with Crippen LogP contribution in [0.15, 0.2) is 24.3 Å². The molecule has 1 aromatic carbocycles. The summed E-state index contributed by atoms with van der Waals surface area (Å²) in [5, 5.41) is 2.74. The van der Waals surface area contributed by atoms with Crippen LogP contribution >= 0.6 is 0 Å². The summed E-state index contributed by atoms with van der Waals surface area (Å²) in [5.74, 6) is 2.43. The Balaban J connectivity index is 2.17. The topological polar surface area (TPSA) is 55.1 Å². The number of amides is 1. The monoisotopic (exact) mass is 214 g/mol. The zero-order valence-electron chi connectivity index (χ0n) is 8.99. The van der Waals surface area contributed by atoms with Crippen molar-refractivity contribution in [1.82, 2.24) is 5.32 Å². The number of nitrogens with two attached hydrogens (primary N) is 1. The average molecular weight is 214 g/mol. The lowest BCUT2D eigenvalue weighted by Crippen LogP contribution is -2.34. The first-order chi connectivity index (χ1) is 7.69. The quantitative estimate of drug-likeness (QED) is 0.583. The van der Waals surface area contributed by atoms with Crippen molar-refractivity contribution in [2.45, 2.75) is 18.3 Å². The van der Waals surface area contributed by atoms with E-state index in [4.69, 9.17) is 12.2 Å². The van der Waals surface area contributed by atoms with Gasteiger partial charge in [0.15, 0.2) is 0 Å². The SMILES string of the molecule is C#CCNC(=O)C1(c2ccc(N)cc2)CC1. The van der Waals surface area contributed by atoms with Gasteiger partial charge in [0.25, 0.3) is 0 Å². The van der Waals surface area contributed by atoms with E-state index in [2.05, 4.69) is 11.2 Å². The lowest BCUT2D eigenvalue weighted by Gasteiger charge is -2.14. The van der Waals surface area contributed by atoms with Crippen molar-refractivity contribution in [2.75, 3.05) is 12.3 Å². The minimum absolute atomic E-state index is 0.0234. The Morgan fingerprint density at radius 1 is 1.44 bits per heavy atom. The third-order valence-corrected chi connectivity index (χ3v) is 3.00. The fourth-order valence-electron chi connectivity index (χ4n) is 1.87. The van der Waals surface area contributed by atoms with Crippen LogP contribution in [0.1, 0.15) is 18.4 Å². The fraction of sp³-hybridized carbons (Fsp3) is 0.308. The van der Waals surface area contributed by atoms with Crippen LogP contribution in [0.2, 0.25) is 0 Å². The highest BCUT2D eigenvalue weighted by Crippen LogP contribution is 2.48. The molecule has 0 radical (unpaired) electrons. The second-order valence-corrected chi connectivity index (χ2v) is 4.09. The predicted octanol–water partition coefficient (Wildman–Crippen LogP) is 1.05. The Morgan fingerprint density at radius 2 is 2.06 bits per heavy atom. The van der Waals surface area contributed by atoms with E-state index in [1.54, 1.807) is 0 Å². The highest BCUT2D eigenvalue weighted by molar-refractivity contribution is 5.91. The molecule has 3 heteroatoms. The fourth-order valence-corrected chi connectivity index (χ4v) is 1.87. The molecule has 0 saturated heterocycles. The van der Waals surface area contributed by atoms with E-state index < -0.39 is 0 Å². The van der Waals surface area contributed by atoms with Gasteiger partial charge in [0.05, 0.1) is 12.0 Å². The van der Waals surface area contributed by atoms with Crippen LogP contribution in [0.25, 0.3) is 0 Å². The predicted molar refractivity (Wildman–Crippen MR) is 63.6 cm³/mol. The Hall–Kier alpha value is -1.95. The minimum Gasteiger partial charge on any atom is -0.399 e. The maximum absolute atomic E-state index is 11.9. The summed E-state index contributed by atoms with van der Waals surface area (Å²) < 4.78 is 0. The summed E-state index contributed by atoms with van der Waals surface area (Å²) in [7, 11) is 0.